The van der Waals surface area contributed by atoms with Crippen LogP contribution in [0.4, 0.5) is 4.39 Å². The van der Waals surface area contributed by atoms with Gasteiger partial charge in [-0.15, -0.1) is 0 Å². The fourth-order valence-electron chi connectivity index (χ4n) is 1.60. The van der Waals surface area contributed by atoms with Crippen LogP contribution in [0.5, 0.6) is 0 Å². The Bertz CT molecular complexity index is 368. The fraction of sp³-hybridized carbons (Fsp3) is 0.462. The van der Waals surface area contributed by atoms with E-state index in [0.717, 1.165) is 18.5 Å². The van der Waals surface area contributed by atoms with E-state index >= 15 is 0 Å². The number of halogens is 1. The molecule has 0 spiro atoms. The Morgan fingerprint density at radius 2 is 2.24 bits per heavy atom. The summed E-state index contributed by atoms with van der Waals surface area (Å²) >= 11 is 0. The van der Waals surface area contributed by atoms with Gasteiger partial charge >= 0.3 is 0 Å². The van der Waals surface area contributed by atoms with Gasteiger partial charge in [-0.05, 0) is 44.6 Å². The van der Waals surface area contributed by atoms with E-state index in [2.05, 4.69) is 10.6 Å². The summed E-state index contributed by atoms with van der Waals surface area (Å²) in [5, 5.41) is 5.83. The second-order valence-electron chi connectivity index (χ2n) is 4.05. The van der Waals surface area contributed by atoms with Gasteiger partial charge in [0.15, 0.2) is 0 Å². The van der Waals surface area contributed by atoms with Gasteiger partial charge in [0, 0.05) is 6.42 Å². The number of hydrogen-bond donors (Lipinski definition) is 2. The highest BCUT2D eigenvalue weighted by Gasteiger charge is 2.09. The fourth-order valence-corrected chi connectivity index (χ4v) is 1.60. The highest BCUT2D eigenvalue weighted by molar-refractivity contribution is 5.76. The quantitative estimate of drug-likeness (QED) is 0.744. The Morgan fingerprint density at radius 1 is 1.47 bits per heavy atom. The average Bonchev–Trinajstić information content (AvgIpc) is 2.29. The van der Waals surface area contributed by atoms with Crippen LogP contribution in [0.1, 0.15) is 31.4 Å². The number of carbonyl (C=O) groups excluding carboxylic acids is 1. The van der Waals surface area contributed by atoms with E-state index in [1.807, 2.05) is 20.0 Å². The van der Waals surface area contributed by atoms with Gasteiger partial charge in [-0.1, -0.05) is 12.1 Å². The molecule has 4 heteroatoms. The minimum Gasteiger partial charge on any atom is -0.350 e. The Labute approximate surface area is 101 Å². The summed E-state index contributed by atoms with van der Waals surface area (Å²) < 4.78 is 13.0. The number of hydrogen-bond acceptors (Lipinski definition) is 2. The minimum absolute atomic E-state index is 0.00277. The van der Waals surface area contributed by atoms with E-state index in [4.69, 9.17) is 0 Å². The number of amides is 1. The molecule has 0 aromatic heterocycles. The zero-order valence-corrected chi connectivity index (χ0v) is 10.3. The van der Waals surface area contributed by atoms with E-state index in [1.54, 1.807) is 6.07 Å². The highest BCUT2D eigenvalue weighted by atomic mass is 19.1. The molecule has 0 heterocycles. The van der Waals surface area contributed by atoms with Crippen LogP contribution in [0.25, 0.3) is 0 Å². The smallest absolute Gasteiger partial charge is 0.220 e. The molecule has 0 radical (unpaired) electrons. The zero-order chi connectivity index (χ0) is 12.7. The molecule has 0 bridgehead atoms. The summed E-state index contributed by atoms with van der Waals surface area (Å²) in [5.74, 6) is -0.282. The summed E-state index contributed by atoms with van der Waals surface area (Å²) in [6, 6.07) is 6.13. The molecule has 0 aliphatic heterocycles. The van der Waals surface area contributed by atoms with Crippen LogP contribution in [0.15, 0.2) is 24.3 Å². The minimum atomic E-state index is -0.279. The lowest BCUT2D eigenvalue weighted by Gasteiger charge is -2.14. The largest absolute Gasteiger partial charge is 0.350 e. The van der Waals surface area contributed by atoms with Crippen molar-refractivity contribution < 1.29 is 9.18 Å². The Balaban J connectivity index is 2.43. The third kappa shape index (κ3) is 4.95. The number of benzene rings is 1. The first-order valence-electron chi connectivity index (χ1n) is 5.83. The topological polar surface area (TPSA) is 41.1 Å². The van der Waals surface area contributed by atoms with Crippen molar-refractivity contribution in [2.45, 2.75) is 25.8 Å². The maximum Gasteiger partial charge on any atom is 0.220 e. The van der Waals surface area contributed by atoms with Gasteiger partial charge < -0.3 is 10.6 Å². The zero-order valence-electron chi connectivity index (χ0n) is 10.3. The lowest BCUT2D eigenvalue weighted by molar-refractivity contribution is -0.121. The summed E-state index contributed by atoms with van der Waals surface area (Å²) in [6.07, 6.45) is 1.29. The molecular formula is C13H19FN2O. The van der Waals surface area contributed by atoms with Crippen molar-refractivity contribution in [3.05, 3.63) is 35.6 Å². The highest BCUT2D eigenvalue weighted by Crippen LogP contribution is 2.13. The molecule has 3 nitrogen and oxygen atoms in total. The molecule has 1 aromatic carbocycles. The van der Waals surface area contributed by atoms with Crippen LogP contribution in [-0.2, 0) is 4.79 Å². The normalized spacial score (nSPS) is 12.2. The molecule has 17 heavy (non-hydrogen) atoms. The molecule has 1 amide bonds. The maximum atomic E-state index is 13.0. The second kappa shape index (κ2) is 7.01. The molecule has 1 unspecified atom stereocenters. The van der Waals surface area contributed by atoms with E-state index in [9.17, 15) is 9.18 Å². The molecule has 0 aliphatic carbocycles. The predicted octanol–water partition coefficient (Wildman–Crippen LogP) is 2.00. The monoisotopic (exact) mass is 238 g/mol. The number of carbonyl (C=O) groups is 1. The van der Waals surface area contributed by atoms with Gasteiger partial charge in [-0.3, -0.25) is 4.79 Å². The van der Waals surface area contributed by atoms with E-state index < -0.39 is 0 Å². The van der Waals surface area contributed by atoms with E-state index in [1.165, 1.54) is 12.1 Å². The number of rotatable bonds is 6. The Morgan fingerprint density at radius 3 is 2.88 bits per heavy atom. The maximum absolute atomic E-state index is 13.0. The summed E-state index contributed by atoms with van der Waals surface area (Å²) in [5.41, 5.74) is 0.784. The molecule has 1 rings (SSSR count). The van der Waals surface area contributed by atoms with Crippen molar-refractivity contribution in [1.82, 2.24) is 10.6 Å². The van der Waals surface area contributed by atoms with Gasteiger partial charge in [0.2, 0.25) is 5.91 Å². The van der Waals surface area contributed by atoms with Crippen LogP contribution in [0, 0.1) is 5.82 Å². The predicted molar refractivity (Wildman–Crippen MR) is 66.1 cm³/mol. The molecule has 94 valence electrons. The van der Waals surface area contributed by atoms with Crippen LogP contribution in [0.2, 0.25) is 0 Å². The molecule has 0 aliphatic rings. The molecular weight excluding hydrogens is 219 g/mol. The molecule has 1 aromatic rings. The van der Waals surface area contributed by atoms with E-state index in [-0.39, 0.29) is 17.8 Å². The first-order chi connectivity index (χ1) is 8.13. The number of nitrogens with one attached hydrogen (secondary N) is 2. The van der Waals surface area contributed by atoms with Crippen molar-refractivity contribution in [3.63, 3.8) is 0 Å². The van der Waals surface area contributed by atoms with Gasteiger partial charge in [0.1, 0.15) is 5.82 Å². The van der Waals surface area contributed by atoms with Crippen LogP contribution >= 0.6 is 0 Å². The Hall–Kier alpha value is -1.42. The van der Waals surface area contributed by atoms with Gasteiger partial charge in [-0.2, -0.15) is 0 Å². The molecule has 1 atom stereocenters. The lowest BCUT2D eigenvalue weighted by Crippen LogP contribution is -2.27. The summed E-state index contributed by atoms with van der Waals surface area (Å²) in [6.45, 7) is 2.67. The molecule has 0 saturated heterocycles. The second-order valence-corrected chi connectivity index (χ2v) is 4.05. The van der Waals surface area contributed by atoms with Crippen molar-refractivity contribution in [3.8, 4) is 0 Å². The summed E-state index contributed by atoms with van der Waals surface area (Å²) in [4.78, 5) is 11.6. The van der Waals surface area contributed by atoms with Crippen molar-refractivity contribution in [2.24, 2.45) is 0 Å². The molecule has 2 N–H and O–H groups in total. The molecule has 0 saturated carbocycles. The Kier molecular flexibility index (Phi) is 5.63. The third-order valence-electron chi connectivity index (χ3n) is 2.56. The summed E-state index contributed by atoms with van der Waals surface area (Å²) in [7, 11) is 1.85. The van der Waals surface area contributed by atoms with Crippen LogP contribution < -0.4 is 10.6 Å². The average molecular weight is 238 g/mol. The third-order valence-corrected chi connectivity index (χ3v) is 2.56. The first-order valence-corrected chi connectivity index (χ1v) is 5.83. The first kappa shape index (κ1) is 13.6. The van der Waals surface area contributed by atoms with Crippen LogP contribution in [0.3, 0.4) is 0 Å². The van der Waals surface area contributed by atoms with Crippen LogP contribution in [-0.4, -0.2) is 19.5 Å². The standard InChI is InChI=1S/C13H19FN2O/c1-10(11-5-3-6-12(14)9-11)16-13(17)7-4-8-15-2/h3,5-6,9-10,15H,4,7-8H2,1-2H3,(H,16,17). The van der Waals surface area contributed by atoms with E-state index in [0.29, 0.717) is 6.42 Å². The van der Waals surface area contributed by atoms with Gasteiger partial charge in [-0.25, -0.2) is 4.39 Å². The SMILES string of the molecule is CNCCCC(=O)NC(C)c1cccc(F)c1. The van der Waals surface area contributed by atoms with Crippen molar-refractivity contribution in [2.75, 3.05) is 13.6 Å². The van der Waals surface area contributed by atoms with Crippen molar-refractivity contribution in [1.29, 1.82) is 0 Å². The molecule has 0 fully saturated rings. The van der Waals surface area contributed by atoms with Gasteiger partial charge in [0.25, 0.3) is 0 Å². The van der Waals surface area contributed by atoms with Crippen molar-refractivity contribution >= 4 is 5.91 Å². The lowest BCUT2D eigenvalue weighted by atomic mass is 10.1. The van der Waals surface area contributed by atoms with Gasteiger partial charge in [0.05, 0.1) is 6.04 Å².